The van der Waals surface area contributed by atoms with Crippen molar-refractivity contribution in [2.24, 2.45) is 0 Å². The molecule has 9 nitrogen and oxygen atoms in total. The Morgan fingerprint density at radius 2 is 1.89 bits per heavy atom. The zero-order valence-corrected chi connectivity index (χ0v) is 25.3. The summed E-state index contributed by atoms with van der Waals surface area (Å²) in [5.41, 5.74) is 0.917. The van der Waals surface area contributed by atoms with Gasteiger partial charge in [-0.3, -0.25) is 9.59 Å². The first-order valence-electron chi connectivity index (χ1n) is 15.2. The molecule has 0 spiro atoms. The fraction of sp³-hybridized carbons (Fsp3) is 0.400. The molecule has 44 heavy (non-hydrogen) atoms. The van der Waals surface area contributed by atoms with Crippen molar-refractivity contribution in [3.8, 4) is 17.2 Å². The monoisotopic (exact) mass is 603 g/mol. The van der Waals surface area contributed by atoms with Gasteiger partial charge in [-0.05, 0) is 80.5 Å². The molecule has 0 saturated heterocycles. The van der Waals surface area contributed by atoms with Gasteiger partial charge in [-0.1, -0.05) is 24.3 Å². The van der Waals surface area contributed by atoms with Gasteiger partial charge in [0.2, 0.25) is 5.91 Å². The number of furan rings is 1. The number of rotatable bonds is 9. The number of benzene rings is 2. The maximum atomic E-state index is 13.5. The van der Waals surface area contributed by atoms with Crippen LogP contribution >= 0.6 is 0 Å². The number of ketones is 1. The van der Waals surface area contributed by atoms with Crippen LogP contribution in [0.15, 0.2) is 59.2 Å². The molecular formula is C35H41NO8. The number of phenols is 2. The molecule has 0 saturated carbocycles. The third kappa shape index (κ3) is 8.75. The molecule has 0 bridgehead atoms. The molecule has 0 radical (unpaired) electrons. The average molecular weight is 604 g/mol. The molecule has 3 N–H and O–H groups in total. The molecule has 1 unspecified atom stereocenters. The van der Waals surface area contributed by atoms with Crippen LogP contribution < -0.4 is 10.1 Å². The van der Waals surface area contributed by atoms with Gasteiger partial charge in [-0.15, -0.1) is 0 Å². The largest absolute Gasteiger partial charge is 0.507 e. The highest BCUT2D eigenvalue weighted by Gasteiger charge is 2.31. The molecule has 1 aromatic heterocycles. The highest BCUT2D eigenvalue weighted by atomic mass is 16.5. The second-order valence-corrected chi connectivity index (χ2v) is 11.1. The van der Waals surface area contributed by atoms with Crippen LogP contribution in [-0.2, 0) is 20.7 Å². The number of carbonyl (C=O) groups is 3. The summed E-state index contributed by atoms with van der Waals surface area (Å²) in [6.07, 6.45) is 9.08. The molecule has 234 valence electrons. The van der Waals surface area contributed by atoms with Crippen molar-refractivity contribution >= 4 is 23.7 Å². The Labute approximate surface area is 257 Å². The summed E-state index contributed by atoms with van der Waals surface area (Å²) in [6.45, 7) is 2.16. The first-order chi connectivity index (χ1) is 21.3. The smallest absolute Gasteiger partial charge is 0.342 e. The molecule has 1 aliphatic heterocycles. The standard InChI is InChI=1S/C35H41NO8/c1-23-9-6-12-26(37)11-5-3-4-10-25-21-30(38)33(34(40)32(25)35(41)44-23)29(24-15-17-27(42-2)18-16-24)22-31(39)36-19-7-13-28-14-8-20-43-28/h4,8,10,14-18,20-21,23,29,38,40H,3,5-7,9,11-13,19,22H2,1-2H3,(H,36,39)/t23-,29?/m0/s1. The Morgan fingerprint density at radius 3 is 2.61 bits per heavy atom. The van der Waals surface area contributed by atoms with Crippen molar-refractivity contribution in [3.05, 3.63) is 82.8 Å². The number of aromatic hydroxyl groups is 2. The van der Waals surface area contributed by atoms with Gasteiger partial charge >= 0.3 is 5.97 Å². The number of esters is 1. The summed E-state index contributed by atoms with van der Waals surface area (Å²) in [6, 6.07) is 12.1. The Bertz CT molecular complexity index is 1440. The second kappa shape index (κ2) is 15.8. The van der Waals surface area contributed by atoms with Crippen molar-refractivity contribution in [2.45, 2.75) is 76.7 Å². The Balaban J connectivity index is 1.67. The molecule has 2 aromatic carbocycles. The zero-order valence-electron chi connectivity index (χ0n) is 25.3. The van der Waals surface area contributed by atoms with Crippen LogP contribution in [0.3, 0.4) is 0 Å². The lowest BCUT2D eigenvalue weighted by atomic mass is 9.84. The number of amides is 1. The molecule has 1 aliphatic rings. The molecule has 4 rings (SSSR count). The third-order valence-corrected chi connectivity index (χ3v) is 7.81. The first-order valence-corrected chi connectivity index (χ1v) is 15.2. The van der Waals surface area contributed by atoms with E-state index in [0.29, 0.717) is 74.8 Å². The highest BCUT2D eigenvalue weighted by molar-refractivity contribution is 5.98. The number of allylic oxidation sites excluding steroid dienone is 1. The number of nitrogens with one attached hydrogen (secondary N) is 1. The van der Waals surface area contributed by atoms with Crippen LogP contribution in [0.25, 0.3) is 6.08 Å². The van der Waals surface area contributed by atoms with Crippen molar-refractivity contribution in [2.75, 3.05) is 13.7 Å². The number of ether oxygens (including phenoxy) is 2. The van der Waals surface area contributed by atoms with Gasteiger partial charge in [0.25, 0.3) is 0 Å². The van der Waals surface area contributed by atoms with E-state index in [9.17, 15) is 24.6 Å². The molecule has 9 heteroatoms. The number of hydrogen-bond acceptors (Lipinski definition) is 8. The van der Waals surface area contributed by atoms with Crippen molar-refractivity contribution in [1.82, 2.24) is 5.32 Å². The van der Waals surface area contributed by atoms with Crippen molar-refractivity contribution in [3.63, 3.8) is 0 Å². The third-order valence-electron chi connectivity index (χ3n) is 7.81. The minimum absolute atomic E-state index is 0.0596. The molecular weight excluding hydrogens is 562 g/mol. The fourth-order valence-electron chi connectivity index (χ4n) is 5.44. The molecule has 3 aromatic rings. The van der Waals surface area contributed by atoms with Crippen LogP contribution in [0.5, 0.6) is 17.2 Å². The lowest BCUT2D eigenvalue weighted by Gasteiger charge is -2.23. The number of hydrogen-bond donors (Lipinski definition) is 3. The number of cyclic esters (lactones) is 1. The van der Waals surface area contributed by atoms with E-state index in [2.05, 4.69) is 5.32 Å². The van der Waals surface area contributed by atoms with E-state index < -0.39 is 23.7 Å². The van der Waals surface area contributed by atoms with Gasteiger partial charge < -0.3 is 29.4 Å². The van der Waals surface area contributed by atoms with Gasteiger partial charge in [-0.25, -0.2) is 4.79 Å². The van der Waals surface area contributed by atoms with Gasteiger partial charge in [0, 0.05) is 43.7 Å². The Morgan fingerprint density at radius 1 is 1.11 bits per heavy atom. The van der Waals surface area contributed by atoms with Crippen LogP contribution in [0.4, 0.5) is 0 Å². The summed E-state index contributed by atoms with van der Waals surface area (Å²) in [5.74, 6) is -0.879. The molecule has 0 aliphatic carbocycles. The van der Waals surface area contributed by atoms with E-state index >= 15 is 0 Å². The maximum absolute atomic E-state index is 13.5. The Kier molecular flexibility index (Phi) is 11.6. The number of Topliss-reactive ketones (excluding diaryl/α,β-unsaturated/α-hetero) is 1. The van der Waals surface area contributed by atoms with Gasteiger partial charge in [0.05, 0.1) is 19.5 Å². The van der Waals surface area contributed by atoms with Crippen LogP contribution in [0.2, 0.25) is 0 Å². The van der Waals surface area contributed by atoms with Gasteiger partial charge in [0.1, 0.15) is 34.4 Å². The van der Waals surface area contributed by atoms with E-state index in [-0.39, 0.29) is 35.0 Å². The van der Waals surface area contributed by atoms with E-state index in [1.54, 1.807) is 50.6 Å². The number of phenolic OH excluding ortho intramolecular Hbond substituents is 2. The molecule has 1 amide bonds. The summed E-state index contributed by atoms with van der Waals surface area (Å²) in [4.78, 5) is 38.8. The quantitative estimate of drug-likeness (QED) is 0.188. The fourth-order valence-corrected chi connectivity index (χ4v) is 5.44. The zero-order chi connectivity index (χ0) is 31.5. The maximum Gasteiger partial charge on any atom is 0.342 e. The number of methoxy groups -OCH3 is 1. The SMILES string of the molecule is COc1ccc(C(CC(=O)NCCCc2ccco2)c2c(O)cc3c(c2O)C(=O)O[C@@H](C)CCCC(=O)CCCC=C3)cc1. The minimum Gasteiger partial charge on any atom is -0.507 e. The minimum atomic E-state index is -0.787. The van der Waals surface area contributed by atoms with E-state index in [1.807, 2.05) is 18.2 Å². The van der Waals surface area contributed by atoms with Gasteiger partial charge in [-0.2, -0.15) is 0 Å². The normalized spacial score (nSPS) is 16.8. The van der Waals surface area contributed by atoms with Crippen LogP contribution in [0.1, 0.15) is 97.0 Å². The van der Waals surface area contributed by atoms with Crippen molar-refractivity contribution in [1.29, 1.82) is 0 Å². The predicted molar refractivity (Wildman–Crippen MR) is 166 cm³/mol. The van der Waals surface area contributed by atoms with Crippen molar-refractivity contribution < 1.29 is 38.5 Å². The number of aryl methyl sites for hydroxylation is 1. The van der Waals surface area contributed by atoms with E-state index in [4.69, 9.17) is 13.9 Å². The van der Waals surface area contributed by atoms with E-state index in [1.165, 1.54) is 6.07 Å². The number of fused-ring (bicyclic) bond motifs is 1. The average Bonchev–Trinajstić information content (AvgIpc) is 3.52. The summed E-state index contributed by atoms with van der Waals surface area (Å²) in [5, 5.41) is 25.9. The van der Waals surface area contributed by atoms with Crippen LogP contribution in [0, 0.1) is 0 Å². The van der Waals surface area contributed by atoms with Gasteiger partial charge in [0.15, 0.2) is 0 Å². The van der Waals surface area contributed by atoms with E-state index in [0.717, 1.165) is 5.76 Å². The second-order valence-electron chi connectivity index (χ2n) is 11.1. The summed E-state index contributed by atoms with van der Waals surface area (Å²) >= 11 is 0. The lowest BCUT2D eigenvalue weighted by Crippen LogP contribution is -2.27. The van der Waals surface area contributed by atoms with Crippen LogP contribution in [-0.4, -0.2) is 47.6 Å². The first kappa shape index (κ1) is 32.4. The molecule has 2 heterocycles. The highest BCUT2D eigenvalue weighted by Crippen LogP contribution is 2.44. The number of carbonyl (C=O) groups excluding carboxylic acids is 3. The summed E-state index contributed by atoms with van der Waals surface area (Å²) in [7, 11) is 1.55. The molecule has 2 atom stereocenters. The predicted octanol–water partition coefficient (Wildman–Crippen LogP) is 6.45. The topological polar surface area (TPSA) is 135 Å². The lowest BCUT2D eigenvalue weighted by molar-refractivity contribution is -0.121. The molecule has 0 fully saturated rings. The summed E-state index contributed by atoms with van der Waals surface area (Å²) < 4.78 is 16.3. The Hall–Kier alpha value is -4.53.